The molecular formula is C17H16N8O2. The highest BCUT2D eigenvalue weighted by Crippen LogP contribution is 2.23. The molecule has 1 aliphatic rings. The Labute approximate surface area is 154 Å². The lowest BCUT2D eigenvalue weighted by Crippen LogP contribution is -2.31. The second-order valence-electron chi connectivity index (χ2n) is 6.20. The molecule has 3 aromatic rings. The number of nitrogens with zero attached hydrogens (tertiary/aromatic N) is 7. The molecule has 0 aliphatic carbocycles. The smallest absolute Gasteiger partial charge is 0.271 e. The number of nitriles is 1. The molecule has 0 unspecified atom stereocenters. The third-order valence-corrected chi connectivity index (χ3v) is 4.52. The zero-order valence-electron chi connectivity index (χ0n) is 14.4. The molecule has 10 heteroatoms. The van der Waals surface area contributed by atoms with Gasteiger partial charge in [-0.05, 0) is 18.6 Å². The summed E-state index contributed by atoms with van der Waals surface area (Å²) in [6.45, 7) is 3.05. The Morgan fingerprint density at radius 1 is 1.15 bits per heavy atom. The van der Waals surface area contributed by atoms with Crippen molar-refractivity contribution in [3.63, 3.8) is 0 Å². The zero-order chi connectivity index (χ0) is 18.8. The Balaban J connectivity index is 1.53. The summed E-state index contributed by atoms with van der Waals surface area (Å²) in [5.41, 5.74) is 1.39. The fourth-order valence-corrected chi connectivity index (χ4v) is 3.18. The number of H-pyrrole nitrogens is 1. The lowest BCUT2D eigenvalue weighted by atomic mass is 10.3. The maximum atomic E-state index is 10.9. The number of hydrogen-bond acceptors (Lipinski definition) is 8. The zero-order valence-corrected chi connectivity index (χ0v) is 14.4. The maximum Gasteiger partial charge on any atom is 0.271 e. The Bertz CT molecular complexity index is 1040. The SMILES string of the molecule is N#Cc1nccc(N2CCCN(c3nc4ccc([N+](=O)[O-])cc4[nH]3)CC2)n1. The van der Waals surface area contributed by atoms with Crippen molar-refractivity contribution < 1.29 is 4.92 Å². The highest BCUT2D eigenvalue weighted by Gasteiger charge is 2.19. The molecule has 27 heavy (non-hydrogen) atoms. The summed E-state index contributed by atoms with van der Waals surface area (Å²) in [4.78, 5) is 30.7. The predicted molar refractivity (Wildman–Crippen MR) is 98.5 cm³/mol. The molecule has 1 aromatic carbocycles. The predicted octanol–water partition coefficient (Wildman–Crippen LogP) is 1.85. The van der Waals surface area contributed by atoms with E-state index < -0.39 is 4.92 Å². The van der Waals surface area contributed by atoms with Crippen LogP contribution in [0.2, 0.25) is 0 Å². The van der Waals surface area contributed by atoms with Crippen LogP contribution in [0.4, 0.5) is 17.5 Å². The van der Waals surface area contributed by atoms with Gasteiger partial charge in [-0.2, -0.15) is 5.26 Å². The summed E-state index contributed by atoms with van der Waals surface area (Å²) in [7, 11) is 0. The van der Waals surface area contributed by atoms with Crippen molar-refractivity contribution >= 4 is 28.5 Å². The molecule has 0 spiro atoms. The second-order valence-corrected chi connectivity index (χ2v) is 6.20. The number of anilines is 2. The Morgan fingerprint density at radius 2 is 1.96 bits per heavy atom. The lowest BCUT2D eigenvalue weighted by molar-refractivity contribution is -0.384. The molecule has 0 saturated carbocycles. The van der Waals surface area contributed by atoms with Gasteiger partial charge in [0.1, 0.15) is 11.9 Å². The monoisotopic (exact) mass is 364 g/mol. The number of imidazole rings is 1. The summed E-state index contributed by atoms with van der Waals surface area (Å²) < 4.78 is 0. The standard InChI is InChI=1S/C17H16N8O2/c18-11-15-19-5-4-16(22-15)23-6-1-7-24(9-8-23)17-20-13-3-2-12(25(26)27)10-14(13)21-17/h2-5,10H,1,6-9H2,(H,20,21). The number of aromatic amines is 1. The minimum Gasteiger partial charge on any atom is -0.355 e. The number of non-ortho nitro benzene ring substituents is 1. The van der Waals surface area contributed by atoms with Gasteiger partial charge in [-0.25, -0.2) is 15.0 Å². The van der Waals surface area contributed by atoms with Gasteiger partial charge in [0.15, 0.2) is 0 Å². The Kier molecular flexibility index (Phi) is 4.25. The fraction of sp³-hybridized carbons (Fsp3) is 0.294. The van der Waals surface area contributed by atoms with E-state index in [1.165, 1.54) is 12.1 Å². The number of benzene rings is 1. The molecule has 136 valence electrons. The van der Waals surface area contributed by atoms with Crippen LogP contribution in [-0.2, 0) is 0 Å². The van der Waals surface area contributed by atoms with Gasteiger partial charge in [0.2, 0.25) is 11.8 Å². The van der Waals surface area contributed by atoms with Crippen LogP contribution in [-0.4, -0.2) is 51.0 Å². The first-order valence-corrected chi connectivity index (χ1v) is 8.51. The number of hydrogen-bond donors (Lipinski definition) is 1. The molecule has 0 atom stereocenters. The average Bonchev–Trinajstić information content (AvgIpc) is 2.96. The van der Waals surface area contributed by atoms with Crippen LogP contribution in [0.1, 0.15) is 12.2 Å². The summed E-state index contributed by atoms with van der Waals surface area (Å²) in [5, 5.41) is 19.9. The molecule has 1 saturated heterocycles. The highest BCUT2D eigenvalue weighted by molar-refractivity contribution is 5.80. The van der Waals surface area contributed by atoms with Gasteiger partial charge in [0.25, 0.3) is 5.69 Å². The van der Waals surface area contributed by atoms with Gasteiger partial charge in [0.05, 0.1) is 16.0 Å². The third kappa shape index (κ3) is 3.35. The minimum absolute atomic E-state index is 0.0387. The summed E-state index contributed by atoms with van der Waals surface area (Å²) in [6, 6.07) is 8.38. The average molecular weight is 364 g/mol. The summed E-state index contributed by atoms with van der Waals surface area (Å²) in [6.07, 6.45) is 2.48. The summed E-state index contributed by atoms with van der Waals surface area (Å²) >= 11 is 0. The van der Waals surface area contributed by atoms with Gasteiger partial charge < -0.3 is 14.8 Å². The highest BCUT2D eigenvalue weighted by atomic mass is 16.6. The maximum absolute atomic E-state index is 10.9. The molecule has 2 aromatic heterocycles. The molecular weight excluding hydrogens is 348 g/mol. The van der Waals surface area contributed by atoms with E-state index in [0.717, 1.165) is 31.9 Å². The molecule has 1 fully saturated rings. The van der Waals surface area contributed by atoms with Gasteiger partial charge in [-0.3, -0.25) is 10.1 Å². The molecule has 4 rings (SSSR count). The van der Waals surface area contributed by atoms with Gasteiger partial charge >= 0.3 is 0 Å². The van der Waals surface area contributed by atoms with Crippen LogP contribution in [0.25, 0.3) is 11.0 Å². The van der Waals surface area contributed by atoms with Crippen LogP contribution in [0.5, 0.6) is 0 Å². The van der Waals surface area contributed by atoms with Crippen LogP contribution >= 0.6 is 0 Å². The molecule has 0 radical (unpaired) electrons. The largest absolute Gasteiger partial charge is 0.355 e. The molecule has 0 amide bonds. The van der Waals surface area contributed by atoms with E-state index in [0.29, 0.717) is 23.5 Å². The van der Waals surface area contributed by atoms with Crippen molar-refractivity contribution in [3.8, 4) is 6.07 Å². The Hall–Kier alpha value is -3.74. The van der Waals surface area contributed by atoms with Crippen LogP contribution < -0.4 is 9.80 Å². The topological polar surface area (TPSA) is 128 Å². The normalized spacial score (nSPS) is 14.8. The van der Waals surface area contributed by atoms with Crippen LogP contribution in [0.15, 0.2) is 30.5 Å². The molecule has 1 N–H and O–H groups in total. The quantitative estimate of drug-likeness (QED) is 0.551. The minimum atomic E-state index is -0.416. The molecule has 1 aliphatic heterocycles. The third-order valence-electron chi connectivity index (χ3n) is 4.52. The Morgan fingerprint density at radius 3 is 2.78 bits per heavy atom. The van der Waals surface area contributed by atoms with Crippen molar-refractivity contribution in [2.24, 2.45) is 0 Å². The summed E-state index contributed by atoms with van der Waals surface area (Å²) in [5.74, 6) is 1.60. The fourth-order valence-electron chi connectivity index (χ4n) is 3.18. The van der Waals surface area contributed by atoms with Crippen LogP contribution in [0, 0.1) is 21.4 Å². The number of aromatic nitrogens is 4. The first-order valence-electron chi connectivity index (χ1n) is 8.51. The van der Waals surface area contributed by atoms with Crippen molar-refractivity contribution in [2.75, 3.05) is 36.0 Å². The van der Waals surface area contributed by atoms with E-state index in [-0.39, 0.29) is 11.5 Å². The van der Waals surface area contributed by atoms with E-state index in [4.69, 9.17) is 5.26 Å². The lowest BCUT2D eigenvalue weighted by Gasteiger charge is -2.22. The first kappa shape index (κ1) is 16.7. The van der Waals surface area contributed by atoms with E-state index in [1.807, 2.05) is 6.07 Å². The molecule has 0 bridgehead atoms. The van der Waals surface area contributed by atoms with Crippen molar-refractivity contribution in [3.05, 3.63) is 46.4 Å². The van der Waals surface area contributed by atoms with E-state index in [2.05, 4.69) is 29.7 Å². The van der Waals surface area contributed by atoms with Crippen molar-refractivity contribution in [1.82, 2.24) is 19.9 Å². The number of nitrogens with one attached hydrogen (secondary N) is 1. The molecule has 10 nitrogen and oxygen atoms in total. The van der Waals surface area contributed by atoms with Gasteiger partial charge in [-0.1, -0.05) is 0 Å². The molecule has 3 heterocycles. The van der Waals surface area contributed by atoms with E-state index in [9.17, 15) is 10.1 Å². The number of nitro groups is 1. The van der Waals surface area contributed by atoms with E-state index >= 15 is 0 Å². The van der Waals surface area contributed by atoms with Crippen LogP contribution in [0.3, 0.4) is 0 Å². The van der Waals surface area contributed by atoms with Gasteiger partial charge in [0, 0.05) is 44.5 Å². The first-order chi connectivity index (χ1) is 13.1. The van der Waals surface area contributed by atoms with Crippen molar-refractivity contribution in [1.29, 1.82) is 5.26 Å². The number of nitro benzene ring substituents is 1. The van der Waals surface area contributed by atoms with E-state index in [1.54, 1.807) is 18.3 Å². The number of fused-ring (bicyclic) bond motifs is 1. The number of rotatable bonds is 3. The van der Waals surface area contributed by atoms with Gasteiger partial charge in [-0.15, -0.1) is 0 Å². The second kappa shape index (κ2) is 6.87. The van der Waals surface area contributed by atoms with Crippen molar-refractivity contribution in [2.45, 2.75) is 6.42 Å².